The summed E-state index contributed by atoms with van der Waals surface area (Å²) in [4.78, 5) is 18.7. The molecule has 0 aliphatic carbocycles. The summed E-state index contributed by atoms with van der Waals surface area (Å²) in [6.45, 7) is 0.613. The number of rotatable bonds is 11. The highest BCUT2D eigenvalue weighted by molar-refractivity contribution is 7.94. The van der Waals surface area contributed by atoms with Gasteiger partial charge in [-0.25, -0.2) is 21.6 Å². The van der Waals surface area contributed by atoms with Crippen molar-refractivity contribution in [2.45, 2.75) is 24.8 Å². The highest BCUT2D eigenvalue weighted by atomic mass is 35.5. The number of alkyl halides is 2. The first-order chi connectivity index (χ1) is 21.9. The van der Waals surface area contributed by atoms with Crippen LogP contribution in [0.3, 0.4) is 0 Å². The van der Waals surface area contributed by atoms with Gasteiger partial charge in [-0.15, -0.1) is 0 Å². The molecule has 0 radical (unpaired) electrons. The summed E-state index contributed by atoms with van der Waals surface area (Å²) in [5.74, 6) is -3.43. The fourth-order valence-electron chi connectivity index (χ4n) is 5.93. The van der Waals surface area contributed by atoms with Gasteiger partial charge in [-0.05, 0) is 37.9 Å². The predicted molar refractivity (Wildman–Crippen MR) is 174 cm³/mol. The summed E-state index contributed by atoms with van der Waals surface area (Å²) in [6, 6.07) is 11.0. The molecule has 2 aliphatic rings. The minimum absolute atomic E-state index is 0.00762. The zero-order chi connectivity index (χ0) is 32.6. The first kappa shape index (κ1) is 32.4. The number of aromatic nitrogens is 3. The van der Waals surface area contributed by atoms with Crippen LogP contribution in [0, 0.1) is 5.82 Å². The Hall–Kier alpha value is -3.52. The van der Waals surface area contributed by atoms with Crippen molar-refractivity contribution in [2.75, 3.05) is 64.1 Å². The maximum absolute atomic E-state index is 16.5. The van der Waals surface area contributed by atoms with Crippen molar-refractivity contribution in [3.8, 4) is 17.3 Å². The number of likely N-dealkylation sites (tertiary alicyclic amines) is 2. The number of likely N-dealkylation sites (N-methyl/N-ethyl adjacent to an activating group) is 1. The minimum atomic E-state index is -3.68. The van der Waals surface area contributed by atoms with Gasteiger partial charge >= 0.3 is 6.01 Å². The van der Waals surface area contributed by atoms with Crippen LogP contribution in [0.4, 0.5) is 19.0 Å². The van der Waals surface area contributed by atoms with Gasteiger partial charge in [0.2, 0.25) is 0 Å². The van der Waals surface area contributed by atoms with Gasteiger partial charge in [0.25, 0.3) is 5.92 Å². The molecule has 4 aromatic rings. The number of sulfone groups is 1. The number of anilines is 1. The molecule has 244 valence electrons. The third-order valence-electron chi connectivity index (χ3n) is 8.48. The van der Waals surface area contributed by atoms with E-state index in [0.29, 0.717) is 22.6 Å². The molecule has 0 bridgehead atoms. The van der Waals surface area contributed by atoms with Crippen molar-refractivity contribution in [1.29, 1.82) is 0 Å². The second kappa shape index (κ2) is 12.9. The number of ether oxygens (including phenoxy) is 1. The fraction of sp³-hybridized carbons (Fsp3) is 0.406. The van der Waals surface area contributed by atoms with Gasteiger partial charge in [0.1, 0.15) is 23.6 Å². The van der Waals surface area contributed by atoms with Crippen LogP contribution in [0.15, 0.2) is 54.1 Å². The molecule has 14 heteroatoms. The van der Waals surface area contributed by atoms with Gasteiger partial charge in [-0.2, -0.15) is 9.97 Å². The molecule has 4 heterocycles. The monoisotopic (exact) mass is 674 g/mol. The maximum atomic E-state index is 16.5. The zero-order valence-corrected chi connectivity index (χ0v) is 27.0. The summed E-state index contributed by atoms with van der Waals surface area (Å²) in [5, 5.41) is 3.28. The van der Waals surface area contributed by atoms with Gasteiger partial charge in [0.05, 0.1) is 24.2 Å². The van der Waals surface area contributed by atoms with Crippen molar-refractivity contribution in [2.24, 2.45) is 0 Å². The number of hydrogen-bond donors (Lipinski definition) is 0. The van der Waals surface area contributed by atoms with E-state index in [-0.39, 0.29) is 66.4 Å². The predicted octanol–water partition coefficient (Wildman–Crippen LogP) is 5.43. The number of halogens is 4. The second-order valence-corrected chi connectivity index (χ2v) is 14.3. The molecule has 0 N–H and O–H groups in total. The van der Waals surface area contributed by atoms with Crippen molar-refractivity contribution < 1.29 is 26.3 Å². The maximum Gasteiger partial charge on any atom is 0.319 e. The molecule has 9 nitrogen and oxygen atoms in total. The molecule has 0 spiro atoms. The normalized spacial score (nSPS) is 18.9. The second-order valence-electron chi connectivity index (χ2n) is 11.9. The topological polar surface area (TPSA) is 91.8 Å². The largest absolute Gasteiger partial charge is 0.462 e. The van der Waals surface area contributed by atoms with Crippen LogP contribution in [0.25, 0.3) is 32.9 Å². The standard InChI is InChI=1S/C32H34ClF3N6O3S/c1-40-12-5-9-22(40)18-45-31-38-29-24(17-37-28(27(29)34)23-10-3-7-21-8-4-11-25(33)26(21)23)30(39-31)41(2)14-16-46(43,44)15-6-13-42-19-32(35,36)20-42/h3-4,6-8,10-11,15,17,22H,5,9,12-14,16,18-20H2,1-2H3/b15-6+/t22-/m0/s1. The molecule has 0 unspecified atom stereocenters. The van der Waals surface area contributed by atoms with Crippen LogP contribution in [0.2, 0.25) is 5.02 Å². The molecule has 2 aromatic carbocycles. The summed E-state index contributed by atoms with van der Waals surface area (Å²) >= 11 is 6.54. The minimum Gasteiger partial charge on any atom is -0.462 e. The van der Waals surface area contributed by atoms with Crippen LogP contribution in [-0.4, -0.2) is 104 Å². The number of nitrogens with zero attached hydrogens (tertiary/aromatic N) is 6. The van der Waals surface area contributed by atoms with Gasteiger partial charge in [-0.3, -0.25) is 9.88 Å². The molecule has 0 amide bonds. The smallest absolute Gasteiger partial charge is 0.319 e. The van der Waals surface area contributed by atoms with Crippen LogP contribution in [-0.2, 0) is 9.84 Å². The highest BCUT2D eigenvalue weighted by Gasteiger charge is 2.43. The quantitative estimate of drug-likeness (QED) is 0.207. The highest BCUT2D eigenvalue weighted by Crippen LogP contribution is 2.37. The Balaban J connectivity index is 1.31. The van der Waals surface area contributed by atoms with E-state index in [9.17, 15) is 17.2 Å². The van der Waals surface area contributed by atoms with Crippen LogP contribution >= 0.6 is 11.6 Å². The lowest BCUT2D eigenvalue weighted by Gasteiger charge is -2.37. The van der Waals surface area contributed by atoms with Crippen molar-refractivity contribution in [1.82, 2.24) is 24.8 Å². The number of pyridine rings is 1. The van der Waals surface area contributed by atoms with Gasteiger partial charge in [0, 0.05) is 53.8 Å². The number of hydrogen-bond acceptors (Lipinski definition) is 9. The summed E-state index contributed by atoms with van der Waals surface area (Å²) in [6.07, 6.45) is 4.84. The first-order valence-electron chi connectivity index (χ1n) is 15.0. The van der Waals surface area contributed by atoms with E-state index in [2.05, 4.69) is 19.9 Å². The van der Waals surface area contributed by atoms with E-state index in [0.717, 1.165) is 30.2 Å². The molecule has 46 heavy (non-hydrogen) atoms. The average Bonchev–Trinajstić information content (AvgIpc) is 3.42. The van der Waals surface area contributed by atoms with E-state index in [1.807, 2.05) is 25.2 Å². The van der Waals surface area contributed by atoms with Crippen LogP contribution < -0.4 is 9.64 Å². The SMILES string of the molecule is CN(CCS(=O)(=O)/C=C/CN1CC(F)(F)C1)c1nc(OC[C@@H]2CCCN2C)nc2c(F)c(-c3cccc4cccc(Cl)c34)ncc12. The molecule has 0 saturated carbocycles. The summed E-state index contributed by atoms with van der Waals surface area (Å²) < 4.78 is 74.1. The summed E-state index contributed by atoms with van der Waals surface area (Å²) in [7, 11) is -0.0158. The van der Waals surface area contributed by atoms with E-state index in [4.69, 9.17) is 16.3 Å². The first-order valence-corrected chi connectivity index (χ1v) is 17.1. The lowest BCUT2D eigenvalue weighted by Crippen LogP contribution is -2.55. The lowest BCUT2D eigenvalue weighted by atomic mass is 10.0. The molecule has 2 aromatic heterocycles. The Morgan fingerprint density at radius 3 is 2.65 bits per heavy atom. The number of fused-ring (bicyclic) bond motifs is 2. The van der Waals surface area contributed by atoms with Crippen molar-refractivity contribution in [3.63, 3.8) is 0 Å². The third-order valence-corrected chi connectivity index (χ3v) is 10.2. The molecule has 2 fully saturated rings. The van der Waals surface area contributed by atoms with E-state index in [1.165, 1.54) is 17.2 Å². The Morgan fingerprint density at radius 1 is 1.17 bits per heavy atom. The lowest BCUT2D eigenvalue weighted by molar-refractivity contribution is -0.125. The number of benzene rings is 2. The van der Waals surface area contributed by atoms with Gasteiger partial charge in [0.15, 0.2) is 15.7 Å². The van der Waals surface area contributed by atoms with E-state index < -0.39 is 21.6 Å². The summed E-state index contributed by atoms with van der Waals surface area (Å²) in [5.41, 5.74) is 0.549. The Morgan fingerprint density at radius 2 is 1.93 bits per heavy atom. The molecular weight excluding hydrogens is 641 g/mol. The molecule has 1 atom stereocenters. The molecular formula is C32H34ClF3N6O3S. The molecule has 6 rings (SSSR count). The Bertz CT molecular complexity index is 1900. The van der Waals surface area contributed by atoms with E-state index in [1.54, 1.807) is 30.1 Å². The van der Waals surface area contributed by atoms with E-state index >= 15 is 4.39 Å². The van der Waals surface area contributed by atoms with Crippen molar-refractivity contribution in [3.05, 3.63) is 64.9 Å². The molecule has 2 saturated heterocycles. The van der Waals surface area contributed by atoms with Gasteiger partial charge in [-0.1, -0.05) is 48.0 Å². The van der Waals surface area contributed by atoms with Crippen LogP contribution in [0.5, 0.6) is 6.01 Å². The third kappa shape index (κ3) is 6.92. The van der Waals surface area contributed by atoms with Gasteiger partial charge < -0.3 is 14.5 Å². The zero-order valence-electron chi connectivity index (χ0n) is 25.5. The fourth-order valence-corrected chi connectivity index (χ4v) is 7.26. The average molecular weight is 675 g/mol. The molecule has 2 aliphatic heterocycles. The van der Waals surface area contributed by atoms with Crippen LogP contribution in [0.1, 0.15) is 12.8 Å². The Labute approximate surface area is 270 Å². The Kier molecular flexibility index (Phi) is 9.12. The van der Waals surface area contributed by atoms with Crippen molar-refractivity contribution >= 4 is 48.9 Å².